The van der Waals surface area contributed by atoms with Crippen molar-refractivity contribution in [2.45, 2.75) is 58.3 Å². The number of aliphatic hydroxyl groups is 1. The van der Waals surface area contributed by atoms with Crippen molar-refractivity contribution < 1.29 is 26.3 Å². The number of rotatable bonds is 14. The molecular formula is C15H34Cl2N2O2Pt. The zero-order chi connectivity index (χ0) is 17.1. The first-order valence-corrected chi connectivity index (χ1v) is 13.7. The predicted molar refractivity (Wildman–Crippen MR) is 92.8 cm³/mol. The molecule has 0 bridgehead atoms. The van der Waals surface area contributed by atoms with E-state index >= 15 is 0 Å². The first-order valence-electron chi connectivity index (χ1n) is 8.07. The Morgan fingerprint density at radius 3 is 1.82 bits per heavy atom. The molecule has 0 saturated carbocycles. The Morgan fingerprint density at radius 2 is 1.41 bits per heavy atom. The van der Waals surface area contributed by atoms with E-state index in [1.807, 2.05) is 0 Å². The summed E-state index contributed by atoms with van der Waals surface area (Å²) in [6.45, 7) is 4.20. The number of aliphatic hydroxyl groups excluding tert-OH is 1. The first kappa shape index (κ1) is 25.3. The normalized spacial score (nSPS) is 11.4. The van der Waals surface area contributed by atoms with Gasteiger partial charge in [0.25, 0.3) is 0 Å². The average molecular weight is 540 g/mol. The number of hydrogen-bond acceptors (Lipinski definition) is 4. The Bertz CT molecular complexity index is 204. The molecule has 0 amide bonds. The molecule has 0 saturated heterocycles. The number of halogens is 2. The fourth-order valence-electron chi connectivity index (χ4n) is 2.00. The molecule has 0 aliphatic rings. The summed E-state index contributed by atoms with van der Waals surface area (Å²) in [5, 5.41) is 9.28. The third-order valence-electron chi connectivity index (χ3n) is 3.75. The molecule has 22 heavy (non-hydrogen) atoms. The van der Waals surface area contributed by atoms with Gasteiger partial charge in [-0.1, -0.05) is 51.9 Å². The van der Waals surface area contributed by atoms with E-state index in [4.69, 9.17) is 35.0 Å². The van der Waals surface area contributed by atoms with Gasteiger partial charge in [0.15, 0.2) is 0 Å². The van der Waals surface area contributed by atoms with Gasteiger partial charge in [-0.05, 0) is 6.42 Å². The maximum atomic E-state index is 9.28. The van der Waals surface area contributed by atoms with Gasteiger partial charge in [-0.2, -0.15) is 0 Å². The van der Waals surface area contributed by atoms with Crippen molar-refractivity contribution in [2.75, 3.05) is 32.9 Å². The molecule has 0 spiro atoms. The predicted octanol–water partition coefficient (Wildman–Crippen LogP) is 3.42. The molecular weight excluding hydrogens is 506 g/mol. The van der Waals surface area contributed by atoms with Gasteiger partial charge in [0.2, 0.25) is 0 Å². The van der Waals surface area contributed by atoms with Crippen LogP contribution in [0.2, 0.25) is 0 Å². The molecule has 0 aromatic rings. The van der Waals surface area contributed by atoms with Crippen molar-refractivity contribution in [1.82, 2.24) is 0 Å². The van der Waals surface area contributed by atoms with E-state index in [1.54, 1.807) is 0 Å². The van der Waals surface area contributed by atoms with Crippen LogP contribution in [0, 0.1) is 5.41 Å². The monoisotopic (exact) mass is 539 g/mol. The van der Waals surface area contributed by atoms with Crippen molar-refractivity contribution in [2.24, 2.45) is 16.9 Å². The Kier molecular flexibility index (Phi) is 23.2. The Labute approximate surface area is 153 Å². The van der Waals surface area contributed by atoms with Gasteiger partial charge in [0.05, 0.1) is 13.2 Å². The summed E-state index contributed by atoms with van der Waals surface area (Å²) in [6.07, 6.45) is 10.4. The van der Waals surface area contributed by atoms with E-state index in [9.17, 15) is 5.11 Å². The van der Waals surface area contributed by atoms with Crippen LogP contribution < -0.4 is 11.5 Å². The van der Waals surface area contributed by atoms with Crippen LogP contribution in [0.15, 0.2) is 0 Å². The number of hydrogen-bond donors (Lipinski definition) is 3. The molecule has 0 rings (SSSR count). The van der Waals surface area contributed by atoms with Crippen molar-refractivity contribution in [3.05, 3.63) is 0 Å². The number of nitrogens with two attached hydrogens (primary N) is 2. The fourth-order valence-corrected chi connectivity index (χ4v) is 2.00. The summed E-state index contributed by atoms with van der Waals surface area (Å²) in [4.78, 5) is 0. The van der Waals surface area contributed by atoms with Crippen LogP contribution >= 0.6 is 18.8 Å². The summed E-state index contributed by atoms with van der Waals surface area (Å²) in [5.41, 5.74) is 10.8. The third-order valence-corrected chi connectivity index (χ3v) is 3.75. The fraction of sp³-hybridized carbons (Fsp3) is 1.00. The minimum atomic E-state index is -0.472. The van der Waals surface area contributed by atoms with Crippen LogP contribution in [0.3, 0.4) is 0 Å². The van der Waals surface area contributed by atoms with Gasteiger partial charge in [-0.3, -0.25) is 0 Å². The average Bonchev–Trinajstić information content (AvgIpc) is 2.54. The zero-order valence-electron chi connectivity index (χ0n) is 13.8. The molecule has 0 atom stereocenters. The molecule has 0 aliphatic heterocycles. The summed E-state index contributed by atoms with van der Waals surface area (Å²) in [5.74, 6) is 0. The second-order valence-corrected chi connectivity index (χ2v) is 8.92. The molecule has 7 heteroatoms. The maximum absolute atomic E-state index is 9.28. The van der Waals surface area contributed by atoms with Crippen LogP contribution in [-0.4, -0.2) is 38.0 Å². The molecule has 0 fully saturated rings. The van der Waals surface area contributed by atoms with E-state index in [0.29, 0.717) is 19.7 Å². The molecule has 5 N–H and O–H groups in total. The van der Waals surface area contributed by atoms with Crippen LogP contribution in [-0.2, 0) is 21.2 Å². The molecule has 0 unspecified atom stereocenters. The Balaban J connectivity index is 0. The topological polar surface area (TPSA) is 81.5 Å². The molecule has 140 valence electrons. The van der Waals surface area contributed by atoms with E-state index in [0.717, 1.165) is 13.0 Å². The van der Waals surface area contributed by atoms with Gasteiger partial charge in [-0.15, -0.1) is 0 Å². The van der Waals surface area contributed by atoms with Gasteiger partial charge < -0.3 is 21.3 Å². The van der Waals surface area contributed by atoms with E-state index in [2.05, 4.69) is 6.92 Å². The Hall–Kier alpha value is 1.11. The third kappa shape index (κ3) is 16.0. The summed E-state index contributed by atoms with van der Waals surface area (Å²) in [6, 6.07) is 0. The van der Waals surface area contributed by atoms with Crippen molar-refractivity contribution in [3.63, 3.8) is 0 Å². The number of unbranched alkanes of at least 4 members (excludes halogenated alkanes) is 7. The van der Waals surface area contributed by atoms with Crippen LogP contribution in [0.5, 0.6) is 0 Å². The first-order chi connectivity index (χ1) is 10.7. The van der Waals surface area contributed by atoms with Gasteiger partial charge in [0, 0.05) is 25.1 Å². The SMILES string of the molecule is CCCCCCCCCCOCC(CN)(CN)CO.[Cl][Pt][Cl]. The van der Waals surface area contributed by atoms with Crippen LogP contribution in [0.25, 0.3) is 0 Å². The van der Waals surface area contributed by atoms with Crippen LogP contribution in [0.1, 0.15) is 58.3 Å². The van der Waals surface area contributed by atoms with Crippen molar-refractivity contribution in [1.29, 1.82) is 0 Å². The summed E-state index contributed by atoms with van der Waals surface area (Å²) in [7, 11) is 9.75. The van der Waals surface area contributed by atoms with E-state index in [1.165, 1.54) is 44.9 Å². The molecule has 0 aromatic carbocycles. The van der Waals surface area contributed by atoms with E-state index in [-0.39, 0.29) is 6.61 Å². The second kappa shape index (κ2) is 20.2. The molecule has 0 radical (unpaired) electrons. The molecule has 4 nitrogen and oxygen atoms in total. The standard InChI is InChI=1S/C15H34N2O2.2ClH.Pt/c1-2-3-4-5-6-7-8-9-10-19-14-15(11-16,12-17)13-18;;;/h18H,2-14,16-17H2,1H3;2*1H;/q;;;+2/p-2. The molecule has 0 heterocycles. The molecule has 0 aromatic heterocycles. The minimum absolute atomic E-state index is 0.00255. The van der Waals surface area contributed by atoms with Gasteiger partial charge in [0.1, 0.15) is 0 Å². The summed E-state index contributed by atoms with van der Waals surface area (Å²) >= 11 is -0.472. The second-order valence-electron chi connectivity index (χ2n) is 5.64. The Morgan fingerprint density at radius 1 is 0.955 bits per heavy atom. The van der Waals surface area contributed by atoms with E-state index < -0.39 is 21.9 Å². The zero-order valence-corrected chi connectivity index (χ0v) is 17.6. The van der Waals surface area contributed by atoms with Crippen molar-refractivity contribution in [3.8, 4) is 0 Å². The summed E-state index contributed by atoms with van der Waals surface area (Å²) < 4.78 is 5.60. The van der Waals surface area contributed by atoms with Crippen molar-refractivity contribution >= 4 is 18.8 Å². The number of ether oxygens (including phenoxy) is 1. The quantitative estimate of drug-likeness (QED) is 0.295. The van der Waals surface area contributed by atoms with Crippen LogP contribution in [0.4, 0.5) is 0 Å². The van der Waals surface area contributed by atoms with Gasteiger partial charge >= 0.3 is 35.3 Å². The van der Waals surface area contributed by atoms with Gasteiger partial charge in [-0.25, -0.2) is 0 Å². The molecule has 0 aliphatic carbocycles.